The molecule has 0 aliphatic rings. The zero-order valence-electron chi connectivity index (χ0n) is 24.6. The topological polar surface area (TPSA) is 54.5 Å². The van der Waals surface area contributed by atoms with E-state index in [0.717, 1.165) is 62.7 Å². The first-order chi connectivity index (χ1) is 17.6. The number of imide groups is 3. The summed E-state index contributed by atoms with van der Waals surface area (Å²) < 4.78 is 0. The minimum atomic E-state index is -0.266. The highest BCUT2D eigenvalue weighted by Gasteiger charge is 2.27. The number of amides is 3. The van der Waals surface area contributed by atoms with Gasteiger partial charge < -0.3 is 0 Å². The van der Waals surface area contributed by atoms with E-state index in [1.807, 2.05) is 0 Å². The van der Waals surface area contributed by atoms with Gasteiger partial charge in [-0.05, 0) is 19.3 Å². The first-order valence-electron chi connectivity index (χ1n) is 16.0. The maximum atomic E-state index is 12.9. The average Bonchev–Trinajstić information content (AvgIpc) is 2.86. The van der Waals surface area contributed by atoms with Crippen LogP contribution in [0.4, 0.5) is 0 Å². The van der Waals surface area contributed by atoms with Crippen molar-refractivity contribution in [2.45, 2.75) is 188 Å². The Labute approximate surface area is 224 Å². The lowest BCUT2D eigenvalue weighted by Gasteiger charge is -2.19. The van der Waals surface area contributed by atoms with Gasteiger partial charge in [0.05, 0.1) is 0 Å². The summed E-state index contributed by atoms with van der Waals surface area (Å²) in [4.78, 5) is 39.8. The van der Waals surface area contributed by atoms with E-state index in [9.17, 15) is 14.4 Å². The van der Waals surface area contributed by atoms with Crippen LogP contribution in [0.15, 0.2) is 0 Å². The van der Waals surface area contributed by atoms with Gasteiger partial charge in [-0.25, -0.2) is 4.90 Å². The number of nitrogens with zero attached hydrogens (tertiary/aromatic N) is 1. The van der Waals surface area contributed by atoms with E-state index < -0.39 is 0 Å². The molecular formula is C32H61NO3. The van der Waals surface area contributed by atoms with Crippen molar-refractivity contribution in [3.05, 3.63) is 0 Å². The lowest BCUT2D eigenvalue weighted by Crippen LogP contribution is -2.41. The SMILES string of the molecule is CCCCCCCCCCCC(=O)N(C(=O)CCCCCCCCC)C(=O)CCCCCCCCC. The molecule has 0 aliphatic carbocycles. The van der Waals surface area contributed by atoms with E-state index in [1.54, 1.807) is 0 Å². The van der Waals surface area contributed by atoms with E-state index in [0.29, 0.717) is 19.3 Å². The summed E-state index contributed by atoms with van der Waals surface area (Å²) in [6, 6.07) is 0. The van der Waals surface area contributed by atoms with Crippen molar-refractivity contribution in [2.75, 3.05) is 0 Å². The molecule has 0 radical (unpaired) electrons. The number of unbranched alkanes of at least 4 members (excludes halogenated alkanes) is 20. The van der Waals surface area contributed by atoms with Gasteiger partial charge in [-0.3, -0.25) is 14.4 Å². The van der Waals surface area contributed by atoms with Crippen molar-refractivity contribution in [1.29, 1.82) is 0 Å². The van der Waals surface area contributed by atoms with E-state index in [4.69, 9.17) is 0 Å². The fourth-order valence-corrected chi connectivity index (χ4v) is 4.81. The summed E-state index contributed by atoms with van der Waals surface area (Å²) in [5.74, 6) is -0.798. The van der Waals surface area contributed by atoms with Gasteiger partial charge in [-0.15, -0.1) is 0 Å². The Morgan fingerprint density at radius 2 is 0.528 bits per heavy atom. The number of carbonyl (C=O) groups excluding carboxylic acids is 3. The first-order valence-corrected chi connectivity index (χ1v) is 16.0. The van der Waals surface area contributed by atoms with Crippen molar-refractivity contribution in [3.8, 4) is 0 Å². The molecule has 0 spiro atoms. The molecule has 4 nitrogen and oxygen atoms in total. The van der Waals surface area contributed by atoms with Gasteiger partial charge in [-0.1, -0.05) is 149 Å². The molecule has 36 heavy (non-hydrogen) atoms. The number of carbonyl (C=O) groups is 3. The van der Waals surface area contributed by atoms with Crippen LogP contribution in [-0.2, 0) is 14.4 Å². The molecule has 0 saturated heterocycles. The van der Waals surface area contributed by atoms with Gasteiger partial charge in [-0.2, -0.15) is 0 Å². The van der Waals surface area contributed by atoms with Gasteiger partial charge in [0.15, 0.2) is 0 Å². The van der Waals surface area contributed by atoms with Crippen LogP contribution in [0.5, 0.6) is 0 Å². The third-order valence-electron chi connectivity index (χ3n) is 7.23. The van der Waals surface area contributed by atoms with Crippen LogP contribution in [0.1, 0.15) is 188 Å². The largest absolute Gasteiger partial charge is 0.274 e. The third kappa shape index (κ3) is 20.9. The van der Waals surface area contributed by atoms with Crippen LogP contribution in [0.3, 0.4) is 0 Å². The van der Waals surface area contributed by atoms with Gasteiger partial charge in [0.2, 0.25) is 17.7 Å². The summed E-state index contributed by atoms with van der Waals surface area (Å²) in [7, 11) is 0. The van der Waals surface area contributed by atoms with Crippen LogP contribution < -0.4 is 0 Å². The Kier molecular flexibility index (Phi) is 26.0. The zero-order valence-corrected chi connectivity index (χ0v) is 24.6. The molecule has 0 unspecified atom stereocenters. The maximum Gasteiger partial charge on any atom is 0.236 e. The molecule has 0 fully saturated rings. The number of rotatable bonds is 26. The molecule has 0 saturated carbocycles. The molecule has 0 N–H and O–H groups in total. The zero-order chi connectivity index (χ0) is 26.7. The summed E-state index contributed by atoms with van der Waals surface area (Å²) in [5.41, 5.74) is 0. The molecule has 0 atom stereocenters. The summed E-state index contributed by atoms with van der Waals surface area (Å²) in [5, 5.41) is 0. The van der Waals surface area contributed by atoms with Crippen LogP contribution in [0.25, 0.3) is 0 Å². The second-order valence-corrected chi connectivity index (χ2v) is 10.8. The second-order valence-electron chi connectivity index (χ2n) is 10.8. The van der Waals surface area contributed by atoms with Crippen LogP contribution in [0.2, 0.25) is 0 Å². The van der Waals surface area contributed by atoms with Crippen molar-refractivity contribution >= 4 is 17.7 Å². The predicted molar refractivity (Wildman–Crippen MR) is 154 cm³/mol. The summed E-state index contributed by atoms with van der Waals surface area (Å²) in [6.45, 7) is 6.66. The molecule has 3 amide bonds. The van der Waals surface area contributed by atoms with Gasteiger partial charge in [0.1, 0.15) is 0 Å². The molecule has 4 heteroatoms. The third-order valence-corrected chi connectivity index (χ3v) is 7.23. The Hall–Kier alpha value is -1.19. The van der Waals surface area contributed by atoms with Crippen LogP contribution in [-0.4, -0.2) is 22.6 Å². The van der Waals surface area contributed by atoms with Crippen molar-refractivity contribution in [1.82, 2.24) is 4.90 Å². The van der Waals surface area contributed by atoms with Crippen LogP contribution in [0, 0.1) is 0 Å². The van der Waals surface area contributed by atoms with E-state index in [2.05, 4.69) is 20.8 Å². The predicted octanol–water partition coefficient (Wildman–Crippen LogP) is 10.1. The minimum absolute atomic E-state index is 0.265. The Bertz CT molecular complexity index is 501. The highest BCUT2D eigenvalue weighted by molar-refractivity contribution is 6.10. The fraction of sp³-hybridized carbons (Fsp3) is 0.906. The highest BCUT2D eigenvalue weighted by Crippen LogP contribution is 2.16. The van der Waals surface area contributed by atoms with E-state index in [1.165, 1.54) is 89.9 Å². The van der Waals surface area contributed by atoms with Crippen molar-refractivity contribution in [2.24, 2.45) is 0 Å². The molecule has 0 bridgehead atoms. The molecular weight excluding hydrogens is 446 g/mol. The van der Waals surface area contributed by atoms with Crippen LogP contribution >= 0.6 is 0 Å². The smallest absolute Gasteiger partial charge is 0.236 e. The van der Waals surface area contributed by atoms with Gasteiger partial charge >= 0.3 is 0 Å². The highest BCUT2D eigenvalue weighted by atomic mass is 16.2. The first kappa shape index (κ1) is 34.8. The lowest BCUT2D eigenvalue weighted by atomic mass is 10.1. The molecule has 0 aromatic carbocycles. The van der Waals surface area contributed by atoms with E-state index >= 15 is 0 Å². The molecule has 0 rings (SSSR count). The number of hydrogen-bond acceptors (Lipinski definition) is 3. The monoisotopic (exact) mass is 507 g/mol. The minimum Gasteiger partial charge on any atom is -0.274 e. The van der Waals surface area contributed by atoms with Crippen molar-refractivity contribution in [3.63, 3.8) is 0 Å². The Balaban J connectivity index is 4.45. The summed E-state index contributed by atoms with van der Waals surface area (Å²) in [6.07, 6.45) is 27.3. The van der Waals surface area contributed by atoms with Crippen molar-refractivity contribution < 1.29 is 14.4 Å². The maximum absolute atomic E-state index is 12.9. The fourth-order valence-electron chi connectivity index (χ4n) is 4.81. The Morgan fingerprint density at radius 1 is 0.333 bits per heavy atom. The molecule has 0 heterocycles. The van der Waals surface area contributed by atoms with Gasteiger partial charge in [0.25, 0.3) is 0 Å². The molecule has 0 aromatic rings. The number of hydrogen-bond donors (Lipinski definition) is 0. The quantitative estimate of drug-likeness (QED) is 0.109. The average molecular weight is 508 g/mol. The normalized spacial score (nSPS) is 11.1. The van der Waals surface area contributed by atoms with E-state index in [-0.39, 0.29) is 17.7 Å². The van der Waals surface area contributed by atoms with Gasteiger partial charge in [0, 0.05) is 19.3 Å². The lowest BCUT2D eigenvalue weighted by molar-refractivity contribution is -0.154. The Morgan fingerprint density at radius 3 is 0.750 bits per heavy atom. The second kappa shape index (κ2) is 26.9. The molecule has 212 valence electrons. The molecule has 0 aliphatic heterocycles. The molecule has 0 aromatic heterocycles. The summed E-state index contributed by atoms with van der Waals surface area (Å²) >= 11 is 0. The standard InChI is InChI=1S/C32H61NO3/c1-4-7-10-13-16-17-20-23-26-29-32(36)33(30(34)27-24-21-18-14-11-8-5-2)31(35)28-25-22-19-15-12-9-6-3/h4-29H2,1-3H3.